The van der Waals surface area contributed by atoms with Crippen molar-refractivity contribution in [3.63, 3.8) is 0 Å². The van der Waals surface area contributed by atoms with Crippen LogP contribution in [0.1, 0.15) is 10.4 Å². The van der Waals surface area contributed by atoms with Gasteiger partial charge in [0.2, 0.25) is 5.91 Å². The number of hydrogen-bond donors (Lipinski definition) is 4. The number of Topliss-reactive ketones (excluding diaryl/α,β-unsaturated/α-hetero) is 1. The van der Waals surface area contributed by atoms with Gasteiger partial charge >= 0.3 is 0 Å². The number of carbonyl (C=O) groups excluding carboxylic acids is 2. The minimum Gasteiger partial charge on any atom is -0.394 e. The van der Waals surface area contributed by atoms with E-state index in [2.05, 4.69) is 0 Å². The molecule has 26 heavy (non-hydrogen) atoms. The first kappa shape index (κ1) is 18.3. The number of hydrogen-bond acceptors (Lipinski definition) is 7. The fourth-order valence-corrected chi connectivity index (χ4v) is 3.09. The molecule has 0 spiro atoms. The molecule has 1 unspecified atom stereocenters. The standard InChI is InChI=1S/C18H20N2O6/c19-17(25)12-8-20(18-16(24)15(23)13(9-21)26-18)7-6-11(12)14(22)10-4-2-1-3-5-10/h1-8,11,13,15-16,18,21,23-24H,9H2,(H2,19,25)/t11?,13-,15-,16-,18-/m1/s1. The smallest absolute Gasteiger partial charge is 0.247 e. The highest BCUT2D eigenvalue weighted by Crippen LogP contribution is 2.30. The molecular weight excluding hydrogens is 340 g/mol. The van der Waals surface area contributed by atoms with Crippen LogP contribution >= 0.6 is 0 Å². The molecular formula is C18H20N2O6. The zero-order valence-corrected chi connectivity index (χ0v) is 13.8. The van der Waals surface area contributed by atoms with Gasteiger partial charge in [0.15, 0.2) is 12.0 Å². The Labute approximate surface area is 149 Å². The Morgan fingerprint density at radius 2 is 1.85 bits per heavy atom. The Morgan fingerprint density at radius 3 is 2.42 bits per heavy atom. The molecule has 0 aliphatic carbocycles. The topological polar surface area (TPSA) is 133 Å². The van der Waals surface area contributed by atoms with E-state index >= 15 is 0 Å². The summed E-state index contributed by atoms with van der Waals surface area (Å²) < 4.78 is 5.43. The second kappa shape index (κ2) is 7.38. The van der Waals surface area contributed by atoms with E-state index in [1.807, 2.05) is 0 Å². The van der Waals surface area contributed by atoms with Gasteiger partial charge in [-0.25, -0.2) is 0 Å². The highest BCUT2D eigenvalue weighted by Gasteiger charge is 2.45. The van der Waals surface area contributed by atoms with E-state index in [4.69, 9.17) is 10.5 Å². The molecule has 2 heterocycles. The Kier molecular flexibility index (Phi) is 5.19. The molecule has 5 N–H and O–H groups in total. The fraction of sp³-hybridized carbons (Fsp3) is 0.333. The van der Waals surface area contributed by atoms with Gasteiger partial charge in [-0.05, 0) is 0 Å². The number of carbonyl (C=O) groups is 2. The summed E-state index contributed by atoms with van der Waals surface area (Å²) in [5.74, 6) is -1.92. The summed E-state index contributed by atoms with van der Waals surface area (Å²) in [7, 11) is 0. The van der Waals surface area contributed by atoms with Crippen LogP contribution in [-0.4, -0.2) is 63.1 Å². The van der Waals surface area contributed by atoms with E-state index in [9.17, 15) is 24.9 Å². The maximum Gasteiger partial charge on any atom is 0.247 e. The van der Waals surface area contributed by atoms with Crippen LogP contribution in [-0.2, 0) is 9.53 Å². The van der Waals surface area contributed by atoms with Crippen LogP contribution in [0.15, 0.2) is 54.4 Å². The average Bonchev–Trinajstić information content (AvgIpc) is 2.96. The first-order valence-electron chi connectivity index (χ1n) is 8.13. The summed E-state index contributed by atoms with van der Waals surface area (Å²) in [6.07, 6.45) is -0.231. The molecule has 1 aromatic carbocycles. The van der Waals surface area contributed by atoms with E-state index in [-0.39, 0.29) is 11.4 Å². The van der Waals surface area contributed by atoms with Crippen molar-refractivity contribution in [3.05, 3.63) is 59.9 Å². The predicted molar refractivity (Wildman–Crippen MR) is 90.3 cm³/mol. The molecule has 0 bridgehead atoms. The molecule has 0 radical (unpaired) electrons. The Balaban J connectivity index is 1.86. The minimum absolute atomic E-state index is 0.0408. The van der Waals surface area contributed by atoms with Gasteiger partial charge in [-0.2, -0.15) is 0 Å². The van der Waals surface area contributed by atoms with Gasteiger partial charge < -0.3 is 30.7 Å². The summed E-state index contributed by atoms with van der Waals surface area (Å²) in [6.45, 7) is -0.464. The molecule has 2 aliphatic rings. The van der Waals surface area contributed by atoms with Gasteiger partial charge in [0.1, 0.15) is 18.3 Å². The van der Waals surface area contributed by atoms with Crippen molar-refractivity contribution in [2.24, 2.45) is 11.7 Å². The van der Waals surface area contributed by atoms with Gasteiger partial charge in [-0.1, -0.05) is 36.4 Å². The number of aliphatic hydroxyl groups is 3. The quantitative estimate of drug-likeness (QED) is 0.501. The van der Waals surface area contributed by atoms with Gasteiger partial charge in [-0.3, -0.25) is 9.59 Å². The molecule has 2 aliphatic heterocycles. The molecule has 138 valence electrons. The van der Waals surface area contributed by atoms with E-state index in [0.717, 1.165) is 0 Å². The molecule has 8 heteroatoms. The number of nitrogens with zero attached hydrogens (tertiary/aromatic N) is 1. The maximum atomic E-state index is 12.7. The zero-order chi connectivity index (χ0) is 18.8. The highest BCUT2D eigenvalue weighted by molar-refractivity contribution is 6.07. The van der Waals surface area contributed by atoms with Crippen molar-refractivity contribution in [1.82, 2.24) is 4.90 Å². The lowest BCUT2D eigenvalue weighted by atomic mass is 9.88. The molecule has 5 atom stereocenters. The van der Waals surface area contributed by atoms with Crippen molar-refractivity contribution in [3.8, 4) is 0 Å². The molecule has 8 nitrogen and oxygen atoms in total. The summed E-state index contributed by atoms with van der Waals surface area (Å²) >= 11 is 0. The number of aliphatic hydroxyl groups excluding tert-OH is 3. The van der Waals surface area contributed by atoms with Crippen LogP contribution in [0.2, 0.25) is 0 Å². The number of primary amides is 1. The summed E-state index contributed by atoms with van der Waals surface area (Å²) in [5.41, 5.74) is 5.92. The lowest BCUT2D eigenvalue weighted by Crippen LogP contribution is -2.41. The molecule has 1 saturated heterocycles. The first-order chi connectivity index (χ1) is 12.4. The van der Waals surface area contributed by atoms with Gasteiger partial charge in [0, 0.05) is 23.5 Å². The van der Waals surface area contributed by atoms with E-state index in [1.165, 1.54) is 23.4 Å². The normalized spacial score (nSPS) is 31.0. The lowest BCUT2D eigenvalue weighted by Gasteiger charge is -2.30. The third-order valence-electron chi connectivity index (χ3n) is 4.51. The van der Waals surface area contributed by atoms with Crippen molar-refractivity contribution >= 4 is 11.7 Å². The average molecular weight is 360 g/mol. The second-order valence-electron chi connectivity index (χ2n) is 6.17. The first-order valence-corrected chi connectivity index (χ1v) is 8.13. The number of ketones is 1. The zero-order valence-electron chi connectivity index (χ0n) is 13.8. The third kappa shape index (κ3) is 3.27. The molecule has 0 saturated carbocycles. The number of nitrogens with two attached hydrogens (primary N) is 1. The van der Waals surface area contributed by atoms with Crippen LogP contribution in [0.3, 0.4) is 0 Å². The molecule has 1 aromatic rings. The van der Waals surface area contributed by atoms with Crippen LogP contribution < -0.4 is 5.73 Å². The molecule has 0 aromatic heterocycles. The van der Waals surface area contributed by atoms with Crippen LogP contribution in [0, 0.1) is 5.92 Å². The van der Waals surface area contributed by atoms with Gasteiger partial charge in [0.25, 0.3) is 0 Å². The summed E-state index contributed by atoms with van der Waals surface area (Å²) in [4.78, 5) is 25.9. The lowest BCUT2D eigenvalue weighted by molar-refractivity contribution is -0.115. The monoisotopic (exact) mass is 360 g/mol. The number of benzene rings is 1. The van der Waals surface area contributed by atoms with Crippen molar-refractivity contribution in [1.29, 1.82) is 0 Å². The fourth-order valence-electron chi connectivity index (χ4n) is 3.09. The Hall–Kier alpha value is -2.52. The largest absolute Gasteiger partial charge is 0.394 e. The molecule has 1 fully saturated rings. The number of allylic oxidation sites excluding steroid dienone is 1. The highest BCUT2D eigenvalue weighted by atomic mass is 16.6. The van der Waals surface area contributed by atoms with Crippen LogP contribution in [0.4, 0.5) is 0 Å². The maximum absolute atomic E-state index is 12.7. The third-order valence-corrected chi connectivity index (χ3v) is 4.51. The van der Waals surface area contributed by atoms with E-state index < -0.39 is 43.0 Å². The van der Waals surface area contributed by atoms with Gasteiger partial charge in [-0.15, -0.1) is 0 Å². The SMILES string of the molecule is NC(=O)C1=CN([C@@H]2O[C@H](CO)[C@@H](O)[C@H]2O)C=CC1C(=O)c1ccccc1. The van der Waals surface area contributed by atoms with Crippen LogP contribution in [0.25, 0.3) is 0 Å². The summed E-state index contributed by atoms with van der Waals surface area (Å²) in [6, 6.07) is 8.51. The van der Waals surface area contributed by atoms with Crippen molar-refractivity contribution in [2.45, 2.75) is 24.5 Å². The number of amides is 1. The Bertz CT molecular complexity index is 747. The summed E-state index contributed by atoms with van der Waals surface area (Å²) in [5, 5.41) is 29.2. The van der Waals surface area contributed by atoms with E-state index in [1.54, 1.807) is 30.3 Å². The molecule has 3 rings (SSSR count). The van der Waals surface area contributed by atoms with Crippen molar-refractivity contribution in [2.75, 3.05) is 6.61 Å². The second-order valence-corrected chi connectivity index (χ2v) is 6.17. The van der Waals surface area contributed by atoms with Crippen LogP contribution in [0.5, 0.6) is 0 Å². The minimum atomic E-state index is -1.30. The molecule has 1 amide bonds. The Morgan fingerprint density at radius 1 is 1.15 bits per heavy atom. The van der Waals surface area contributed by atoms with Crippen molar-refractivity contribution < 1.29 is 29.6 Å². The van der Waals surface area contributed by atoms with Gasteiger partial charge in [0.05, 0.1) is 12.5 Å². The number of rotatable bonds is 5. The predicted octanol–water partition coefficient (Wildman–Crippen LogP) is -0.877. The number of ether oxygens (including phenoxy) is 1. The van der Waals surface area contributed by atoms with E-state index in [0.29, 0.717) is 5.56 Å².